The van der Waals surface area contributed by atoms with Crippen molar-refractivity contribution >= 4 is 38.9 Å². The lowest BCUT2D eigenvalue weighted by Gasteiger charge is -2.28. The average molecular weight is 735 g/mol. The quantitative estimate of drug-likeness (QED) is 0.165. The zero-order chi connectivity index (χ0) is 38.9. The van der Waals surface area contributed by atoms with E-state index in [1.54, 1.807) is 0 Å². The van der Waals surface area contributed by atoms with Gasteiger partial charge in [0.15, 0.2) is 0 Å². The first-order valence-corrected chi connectivity index (χ1v) is 20.1. The number of rotatable bonds is 6. The van der Waals surface area contributed by atoms with Gasteiger partial charge in [-0.3, -0.25) is 0 Å². The summed E-state index contributed by atoms with van der Waals surface area (Å²) in [6, 6.07) is 69.4. The minimum absolute atomic E-state index is 0.0944. The maximum atomic E-state index is 2.42. The molecule has 0 aliphatic heterocycles. The van der Waals surface area contributed by atoms with E-state index < -0.39 is 0 Å². The Hall–Kier alpha value is -6.64. The molecule has 8 aromatic carbocycles. The maximum absolute atomic E-state index is 2.42. The molecule has 2 heteroatoms. The van der Waals surface area contributed by atoms with Gasteiger partial charge in [-0.05, 0) is 122 Å². The lowest BCUT2D eigenvalue weighted by Crippen LogP contribution is -2.16. The minimum atomic E-state index is -0.0944. The van der Waals surface area contributed by atoms with Crippen LogP contribution in [0.2, 0.25) is 0 Å². The fourth-order valence-corrected chi connectivity index (χ4v) is 9.05. The van der Waals surface area contributed by atoms with Gasteiger partial charge >= 0.3 is 0 Å². The van der Waals surface area contributed by atoms with Crippen LogP contribution in [-0.4, -0.2) is 4.57 Å². The molecule has 0 atom stereocenters. The van der Waals surface area contributed by atoms with Crippen molar-refractivity contribution in [2.24, 2.45) is 0 Å². The van der Waals surface area contributed by atoms with E-state index >= 15 is 0 Å². The van der Waals surface area contributed by atoms with Crippen molar-refractivity contribution in [1.29, 1.82) is 0 Å². The summed E-state index contributed by atoms with van der Waals surface area (Å²) < 4.78 is 2.37. The molecule has 0 bridgehead atoms. The van der Waals surface area contributed by atoms with Crippen LogP contribution in [0.25, 0.3) is 60.9 Å². The van der Waals surface area contributed by atoms with Crippen LogP contribution >= 0.6 is 0 Å². The summed E-state index contributed by atoms with van der Waals surface area (Å²) in [6.45, 7) is 11.5. The average Bonchev–Trinajstić information content (AvgIpc) is 3.69. The molecule has 0 saturated carbocycles. The molecule has 0 fully saturated rings. The van der Waals surface area contributed by atoms with Crippen molar-refractivity contribution in [2.75, 3.05) is 4.90 Å². The van der Waals surface area contributed by atoms with Gasteiger partial charge in [0.1, 0.15) is 0 Å². The molecule has 1 aromatic heterocycles. The lowest BCUT2D eigenvalue weighted by atomic mass is 9.82. The first kappa shape index (κ1) is 34.8. The van der Waals surface area contributed by atoms with Crippen LogP contribution in [0.3, 0.4) is 0 Å². The molecule has 0 amide bonds. The lowest BCUT2D eigenvalue weighted by molar-refractivity contribution is 0.590. The predicted octanol–water partition coefficient (Wildman–Crippen LogP) is 15.2. The zero-order valence-electron chi connectivity index (χ0n) is 33.3. The van der Waals surface area contributed by atoms with Crippen molar-refractivity contribution in [2.45, 2.75) is 45.4 Å². The van der Waals surface area contributed by atoms with E-state index in [4.69, 9.17) is 0 Å². The van der Waals surface area contributed by atoms with E-state index in [0.29, 0.717) is 0 Å². The first-order chi connectivity index (χ1) is 27.6. The second-order valence-electron chi connectivity index (χ2n) is 17.1. The fraction of sp³-hybridized carbons (Fsp3) is 0.127. The van der Waals surface area contributed by atoms with Crippen LogP contribution in [0, 0.1) is 0 Å². The number of fused-ring (bicyclic) bond motifs is 6. The van der Waals surface area contributed by atoms with E-state index in [-0.39, 0.29) is 10.8 Å². The van der Waals surface area contributed by atoms with E-state index in [0.717, 1.165) is 17.1 Å². The van der Waals surface area contributed by atoms with Gasteiger partial charge in [0.05, 0.1) is 11.0 Å². The van der Waals surface area contributed by atoms with E-state index in [2.05, 4.69) is 232 Å². The van der Waals surface area contributed by atoms with Crippen molar-refractivity contribution in [3.8, 4) is 39.1 Å². The first-order valence-electron chi connectivity index (χ1n) is 20.1. The Morgan fingerprint density at radius 1 is 0.421 bits per heavy atom. The second kappa shape index (κ2) is 13.2. The van der Waals surface area contributed by atoms with Crippen molar-refractivity contribution in [3.63, 3.8) is 0 Å². The maximum Gasteiger partial charge on any atom is 0.0541 e. The molecule has 276 valence electrons. The second-order valence-corrected chi connectivity index (χ2v) is 17.1. The molecule has 2 nitrogen and oxygen atoms in total. The third kappa shape index (κ3) is 5.87. The van der Waals surface area contributed by atoms with Gasteiger partial charge in [-0.15, -0.1) is 0 Å². The van der Waals surface area contributed by atoms with E-state index in [1.807, 2.05) is 0 Å². The number of benzene rings is 8. The molecule has 0 radical (unpaired) electrons. The fourth-order valence-electron chi connectivity index (χ4n) is 9.05. The summed E-state index contributed by atoms with van der Waals surface area (Å²) in [4.78, 5) is 2.41. The number of aromatic nitrogens is 1. The van der Waals surface area contributed by atoms with Crippen LogP contribution in [-0.2, 0) is 10.8 Å². The minimum Gasteiger partial charge on any atom is -0.310 e. The van der Waals surface area contributed by atoms with Gasteiger partial charge in [0.2, 0.25) is 0 Å². The molecule has 1 aliphatic rings. The summed E-state index contributed by atoms with van der Waals surface area (Å²) in [5.41, 5.74) is 18.6. The van der Waals surface area contributed by atoms with Gasteiger partial charge in [0, 0.05) is 38.9 Å². The summed E-state index contributed by atoms with van der Waals surface area (Å²) in [6.07, 6.45) is 0. The standard InChI is InChI=1S/C55H46N2/c1-54(2,3)41-26-19-37(20-27-41)38-21-28-43(29-22-38)56(45-32-33-47-46-15-9-11-17-50(46)55(4,5)51(47)36-45)44-30-23-39(24-31-44)40-25-34-53-49(35-40)48-16-10-12-18-52(48)57(53)42-13-7-6-8-14-42/h6-36H,1-5H3. The van der Waals surface area contributed by atoms with Crippen molar-refractivity contribution < 1.29 is 0 Å². The van der Waals surface area contributed by atoms with Crippen LogP contribution in [0.4, 0.5) is 17.1 Å². The topological polar surface area (TPSA) is 8.17 Å². The van der Waals surface area contributed by atoms with Crippen LogP contribution in [0.5, 0.6) is 0 Å². The highest BCUT2D eigenvalue weighted by Gasteiger charge is 2.35. The third-order valence-electron chi connectivity index (χ3n) is 12.2. The van der Waals surface area contributed by atoms with Gasteiger partial charge < -0.3 is 9.47 Å². The monoisotopic (exact) mass is 734 g/mol. The summed E-state index contributed by atoms with van der Waals surface area (Å²) >= 11 is 0. The molecule has 0 saturated heterocycles. The van der Waals surface area contributed by atoms with Crippen LogP contribution < -0.4 is 4.90 Å². The Morgan fingerprint density at radius 2 is 0.947 bits per heavy atom. The number of hydrogen-bond donors (Lipinski definition) is 0. The molecule has 57 heavy (non-hydrogen) atoms. The number of nitrogens with zero attached hydrogens (tertiary/aromatic N) is 2. The highest BCUT2D eigenvalue weighted by atomic mass is 15.1. The summed E-state index contributed by atoms with van der Waals surface area (Å²) in [7, 11) is 0. The number of para-hydroxylation sites is 2. The molecule has 9 aromatic rings. The van der Waals surface area contributed by atoms with Gasteiger partial charge in [0.25, 0.3) is 0 Å². The molecule has 0 spiro atoms. The molecular weight excluding hydrogens is 689 g/mol. The molecule has 1 heterocycles. The summed E-state index contributed by atoms with van der Waals surface area (Å²) in [5, 5.41) is 2.52. The summed E-state index contributed by atoms with van der Waals surface area (Å²) in [5.74, 6) is 0. The van der Waals surface area contributed by atoms with Gasteiger partial charge in [-0.1, -0.05) is 156 Å². The highest BCUT2D eigenvalue weighted by molar-refractivity contribution is 6.10. The van der Waals surface area contributed by atoms with Gasteiger partial charge in [-0.25, -0.2) is 0 Å². The number of anilines is 3. The largest absolute Gasteiger partial charge is 0.310 e. The molecule has 0 N–H and O–H groups in total. The van der Waals surface area contributed by atoms with Gasteiger partial charge in [-0.2, -0.15) is 0 Å². The Balaban J connectivity index is 1.05. The normalized spacial score (nSPS) is 13.1. The van der Waals surface area contributed by atoms with Crippen molar-refractivity contribution in [3.05, 3.63) is 205 Å². The zero-order valence-corrected chi connectivity index (χ0v) is 33.3. The van der Waals surface area contributed by atoms with E-state index in [1.165, 1.54) is 77.6 Å². The Labute approximate surface area is 336 Å². The molecule has 0 unspecified atom stereocenters. The molecule has 1 aliphatic carbocycles. The smallest absolute Gasteiger partial charge is 0.0541 e. The highest BCUT2D eigenvalue weighted by Crippen LogP contribution is 2.50. The van der Waals surface area contributed by atoms with Crippen LogP contribution in [0.1, 0.15) is 51.3 Å². The Kier molecular flexibility index (Phi) is 8.09. The third-order valence-corrected chi connectivity index (χ3v) is 12.2. The molecular formula is C55H46N2. The van der Waals surface area contributed by atoms with Crippen molar-refractivity contribution in [1.82, 2.24) is 4.57 Å². The Bertz CT molecular complexity index is 2920. The van der Waals surface area contributed by atoms with E-state index in [9.17, 15) is 0 Å². The predicted molar refractivity (Wildman–Crippen MR) is 243 cm³/mol. The Morgan fingerprint density at radius 3 is 1.63 bits per heavy atom. The molecule has 10 rings (SSSR count). The SMILES string of the molecule is CC(C)(C)c1ccc(-c2ccc(N(c3ccc(-c4ccc5c(c4)c4ccccc4n5-c4ccccc4)cc3)c3ccc4c(c3)C(C)(C)c3ccccc3-4)cc2)cc1. The number of hydrogen-bond acceptors (Lipinski definition) is 1. The van der Waals surface area contributed by atoms with Crippen LogP contribution in [0.15, 0.2) is 188 Å².